The van der Waals surface area contributed by atoms with E-state index in [1.807, 2.05) is 18.2 Å². The Balaban J connectivity index is 2.78. The zero-order valence-corrected chi connectivity index (χ0v) is 9.50. The number of carbonyl (C=O) groups is 1. The van der Waals surface area contributed by atoms with Gasteiger partial charge in [0.15, 0.2) is 0 Å². The lowest BCUT2D eigenvalue weighted by Gasteiger charge is -2.05. The number of halogens is 1. The molecule has 14 heavy (non-hydrogen) atoms. The van der Waals surface area contributed by atoms with Crippen molar-refractivity contribution in [2.75, 3.05) is 0 Å². The van der Waals surface area contributed by atoms with Gasteiger partial charge in [-0.25, -0.2) is 0 Å². The summed E-state index contributed by atoms with van der Waals surface area (Å²) in [5, 5.41) is 0. The molecule has 0 N–H and O–H groups in total. The van der Waals surface area contributed by atoms with Crippen molar-refractivity contribution >= 4 is 28.0 Å². The molecule has 1 aromatic carbocycles. The summed E-state index contributed by atoms with van der Waals surface area (Å²) < 4.78 is 5.81. The van der Waals surface area contributed by atoms with Crippen LogP contribution in [0.2, 0.25) is 0 Å². The van der Waals surface area contributed by atoms with Crippen LogP contribution in [-0.4, -0.2) is 5.97 Å². The first-order chi connectivity index (χ1) is 6.63. The summed E-state index contributed by atoms with van der Waals surface area (Å²) in [6.45, 7) is 5.36. The van der Waals surface area contributed by atoms with Gasteiger partial charge in [0.05, 0.1) is 0 Å². The molecule has 0 aliphatic heterocycles. The molecule has 0 aliphatic carbocycles. The van der Waals surface area contributed by atoms with E-state index >= 15 is 0 Å². The number of ether oxygens (including phenoxy) is 1. The molecule has 0 heterocycles. The van der Waals surface area contributed by atoms with Crippen molar-refractivity contribution in [3.05, 3.63) is 40.4 Å². The van der Waals surface area contributed by atoms with Crippen LogP contribution in [0.5, 0.6) is 0 Å². The summed E-state index contributed by atoms with van der Waals surface area (Å²) in [7, 11) is 0. The topological polar surface area (TPSA) is 26.3 Å². The molecule has 0 fully saturated rings. The van der Waals surface area contributed by atoms with Gasteiger partial charge in [-0.2, -0.15) is 0 Å². The van der Waals surface area contributed by atoms with Crippen LogP contribution in [0.3, 0.4) is 0 Å². The smallest absolute Gasteiger partial charge is 0.302 e. The summed E-state index contributed by atoms with van der Waals surface area (Å²) in [4.78, 5) is 10.6. The number of rotatable bonds is 3. The molecule has 0 unspecified atom stereocenters. The molecule has 1 rings (SSSR count). The monoisotopic (exact) mass is 254 g/mol. The van der Waals surface area contributed by atoms with Crippen LogP contribution in [0.1, 0.15) is 18.1 Å². The van der Waals surface area contributed by atoms with Crippen LogP contribution in [0.15, 0.2) is 29.3 Å². The lowest BCUT2D eigenvalue weighted by molar-refractivity contribution is -0.142. The molecule has 0 saturated heterocycles. The molecule has 1 aromatic rings. The van der Waals surface area contributed by atoms with E-state index in [9.17, 15) is 4.79 Å². The van der Waals surface area contributed by atoms with Gasteiger partial charge in [0.1, 0.15) is 6.61 Å². The fourth-order valence-corrected chi connectivity index (χ4v) is 1.50. The zero-order chi connectivity index (χ0) is 10.6. The maximum atomic E-state index is 10.6. The minimum absolute atomic E-state index is 0.273. The highest BCUT2D eigenvalue weighted by molar-refractivity contribution is 9.10. The van der Waals surface area contributed by atoms with E-state index in [-0.39, 0.29) is 5.97 Å². The van der Waals surface area contributed by atoms with E-state index in [2.05, 4.69) is 22.5 Å². The second kappa shape index (κ2) is 4.96. The van der Waals surface area contributed by atoms with Crippen LogP contribution < -0.4 is 0 Å². The Morgan fingerprint density at radius 3 is 2.86 bits per heavy atom. The Morgan fingerprint density at radius 1 is 1.64 bits per heavy atom. The van der Waals surface area contributed by atoms with Gasteiger partial charge in [0.2, 0.25) is 0 Å². The van der Waals surface area contributed by atoms with Crippen molar-refractivity contribution in [2.45, 2.75) is 13.5 Å². The minimum atomic E-state index is -0.273. The highest BCUT2D eigenvalue weighted by atomic mass is 79.9. The molecule has 0 amide bonds. The molecule has 3 heteroatoms. The van der Waals surface area contributed by atoms with Gasteiger partial charge in [-0.1, -0.05) is 40.7 Å². The molecule has 74 valence electrons. The highest BCUT2D eigenvalue weighted by Crippen LogP contribution is 2.20. The predicted molar refractivity (Wildman–Crippen MR) is 59.7 cm³/mol. The Morgan fingerprint density at radius 2 is 2.36 bits per heavy atom. The average molecular weight is 255 g/mol. The van der Waals surface area contributed by atoms with Crippen molar-refractivity contribution in [1.29, 1.82) is 0 Å². The van der Waals surface area contributed by atoms with E-state index in [0.717, 1.165) is 15.6 Å². The molecule has 0 radical (unpaired) electrons. The Kier molecular flexibility index (Phi) is 3.89. The third-order valence-electron chi connectivity index (χ3n) is 1.74. The van der Waals surface area contributed by atoms with Gasteiger partial charge in [-0.15, -0.1) is 0 Å². The summed E-state index contributed by atoms with van der Waals surface area (Å²) in [6.07, 6.45) is 1.76. The van der Waals surface area contributed by atoms with E-state index in [0.29, 0.717) is 6.61 Å². The maximum Gasteiger partial charge on any atom is 0.302 e. The van der Waals surface area contributed by atoms with Crippen molar-refractivity contribution in [1.82, 2.24) is 0 Å². The summed E-state index contributed by atoms with van der Waals surface area (Å²) >= 11 is 3.40. The van der Waals surface area contributed by atoms with Gasteiger partial charge in [0, 0.05) is 17.0 Å². The zero-order valence-electron chi connectivity index (χ0n) is 7.92. The molecule has 0 aliphatic rings. The van der Waals surface area contributed by atoms with Gasteiger partial charge in [-0.05, 0) is 11.6 Å². The first-order valence-electron chi connectivity index (χ1n) is 4.17. The molecule has 0 atom stereocenters. The van der Waals surface area contributed by atoms with Crippen LogP contribution in [0, 0.1) is 0 Å². The highest BCUT2D eigenvalue weighted by Gasteiger charge is 2.01. The standard InChI is InChI=1S/C11H11BrO2/c1-3-9-4-5-10(11(12)6-9)7-14-8(2)13/h3-6H,1,7H2,2H3. The van der Waals surface area contributed by atoms with E-state index in [1.54, 1.807) is 6.08 Å². The van der Waals surface area contributed by atoms with Gasteiger partial charge in [-0.3, -0.25) is 4.79 Å². The minimum Gasteiger partial charge on any atom is -0.461 e. The maximum absolute atomic E-state index is 10.6. The Labute approximate surface area is 91.7 Å². The number of benzene rings is 1. The fourth-order valence-electron chi connectivity index (χ4n) is 0.987. The molecule has 0 spiro atoms. The van der Waals surface area contributed by atoms with E-state index in [4.69, 9.17) is 4.74 Å². The first-order valence-corrected chi connectivity index (χ1v) is 4.97. The summed E-state index contributed by atoms with van der Waals surface area (Å²) in [5.41, 5.74) is 1.98. The second-order valence-electron chi connectivity index (χ2n) is 2.84. The van der Waals surface area contributed by atoms with Crippen LogP contribution in [0.4, 0.5) is 0 Å². The van der Waals surface area contributed by atoms with Gasteiger partial charge >= 0.3 is 5.97 Å². The average Bonchev–Trinajstić information content (AvgIpc) is 2.15. The largest absolute Gasteiger partial charge is 0.461 e. The Bertz CT molecular complexity index is 358. The summed E-state index contributed by atoms with van der Waals surface area (Å²) in [6, 6.07) is 5.77. The molecule has 0 aromatic heterocycles. The van der Waals surface area contributed by atoms with Crippen molar-refractivity contribution in [2.24, 2.45) is 0 Å². The number of carbonyl (C=O) groups excluding carboxylic acids is 1. The third kappa shape index (κ3) is 3.00. The van der Waals surface area contributed by atoms with Crippen molar-refractivity contribution in [3.63, 3.8) is 0 Å². The number of hydrogen-bond donors (Lipinski definition) is 0. The lowest BCUT2D eigenvalue weighted by Crippen LogP contribution is -1.99. The summed E-state index contributed by atoms with van der Waals surface area (Å²) in [5.74, 6) is -0.273. The number of hydrogen-bond acceptors (Lipinski definition) is 2. The second-order valence-corrected chi connectivity index (χ2v) is 3.69. The van der Waals surface area contributed by atoms with Crippen LogP contribution >= 0.6 is 15.9 Å². The predicted octanol–water partition coefficient (Wildman–Crippen LogP) is 3.16. The van der Waals surface area contributed by atoms with Crippen molar-refractivity contribution < 1.29 is 9.53 Å². The lowest BCUT2D eigenvalue weighted by atomic mass is 10.1. The normalized spacial score (nSPS) is 9.57. The van der Waals surface area contributed by atoms with Gasteiger partial charge in [0.25, 0.3) is 0 Å². The SMILES string of the molecule is C=Cc1ccc(COC(C)=O)c(Br)c1. The van der Waals surface area contributed by atoms with Crippen molar-refractivity contribution in [3.8, 4) is 0 Å². The molecular weight excluding hydrogens is 244 g/mol. The fraction of sp³-hybridized carbons (Fsp3) is 0.182. The molecular formula is C11H11BrO2. The van der Waals surface area contributed by atoms with E-state index in [1.165, 1.54) is 6.92 Å². The van der Waals surface area contributed by atoms with Crippen LogP contribution in [0.25, 0.3) is 6.08 Å². The van der Waals surface area contributed by atoms with E-state index < -0.39 is 0 Å². The van der Waals surface area contributed by atoms with Crippen LogP contribution in [-0.2, 0) is 16.1 Å². The third-order valence-corrected chi connectivity index (χ3v) is 2.48. The number of esters is 1. The Hall–Kier alpha value is -1.09. The first kappa shape index (κ1) is 11.0. The quantitative estimate of drug-likeness (QED) is 0.775. The molecule has 2 nitrogen and oxygen atoms in total. The molecule has 0 saturated carbocycles. The van der Waals surface area contributed by atoms with Gasteiger partial charge < -0.3 is 4.74 Å². The molecule has 0 bridgehead atoms.